The van der Waals surface area contributed by atoms with Crippen molar-refractivity contribution in [3.63, 3.8) is 0 Å². The lowest BCUT2D eigenvalue weighted by molar-refractivity contribution is -0.383. The van der Waals surface area contributed by atoms with Crippen molar-refractivity contribution in [2.75, 3.05) is 30.0 Å². The molecule has 100 valence electrons. The van der Waals surface area contributed by atoms with Crippen LogP contribution in [0.2, 0.25) is 0 Å². The first-order chi connectivity index (χ1) is 8.65. The molecule has 0 atom stereocenters. The minimum Gasteiger partial charge on any atom is -0.396 e. The third-order valence-electron chi connectivity index (χ3n) is 2.39. The standard InChI is InChI=1S/C9H16N6O3/c1-2-14(4-3-5-16)9-7(15(17)18)8(13-10)11-6-12-9/h6,16H,2-5,10H2,1H3,(H,11,12,13). The van der Waals surface area contributed by atoms with Crippen molar-refractivity contribution in [1.29, 1.82) is 0 Å². The number of nitrogens with two attached hydrogens (primary N) is 1. The molecule has 9 nitrogen and oxygen atoms in total. The number of hydrazine groups is 1. The summed E-state index contributed by atoms with van der Waals surface area (Å²) in [5.41, 5.74) is 1.92. The molecule has 0 aromatic carbocycles. The van der Waals surface area contributed by atoms with Gasteiger partial charge >= 0.3 is 5.69 Å². The summed E-state index contributed by atoms with van der Waals surface area (Å²) in [5.74, 6) is 5.35. The second-order valence-electron chi connectivity index (χ2n) is 3.45. The second kappa shape index (κ2) is 6.67. The zero-order valence-corrected chi connectivity index (χ0v) is 10.0. The van der Waals surface area contributed by atoms with Crippen LogP contribution >= 0.6 is 0 Å². The molecule has 0 fully saturated rings. The molecule has 0 aliphatic rings. The van der Waals surface area contributed by atoms with Gasteiger partial charge in [0.05, 0.1) is 4.92 Å². The van der Waals surface area contributed by atoms with Crippen LogP contribution in [-0.2, 0) is 0 Å². The number of nitrogens with zero attached hydrogens (tertiary/aromatic N) is 4. The molecule has 1 heterocycles. The average molecular weight is 256 g/mol. The van der Waals surface area contributed by atoms with Crippen molar-refractivity contribution in [2.24, 2.45) is 5.84 Å². The zero-order valence-electron chi connectivity index (χ0n) is 10.0. The molecule has 0 saturated heterocycles. The van der Waals surface area contributed by atoms with Gasteiger partial charge in [-0.25, -0.2) is 15.8 Å². The fraction of sp³-hybridized carbons (Fsp3) is 0.556. The van der Waals surface area contributed by atoms with E-state index in [2.05, 4.69) is 15.4 Å². The summed E-state index contributed by atoms with van der Waals surface area (Å²) in [6.45, 7) is 2.85. The number of rotatable bonds is 7. The first kappa shape index (κ1) is 14.1. The molecule has 0 bridgehead atoms. The summed E-state index contributed by atoms with van der Waals surface area (Å²) in [5, 5.41) is 19.9. The van der Waals surface area contributed by atoms with Gasteiger partial charge in [0.15, 0.2) is 0 Å². The molecule has 4 N–H and O–H groups in total. The first-order valence-corrected chi connectivity index (χ1v) is 5.47. The van der Waals surface area contributed by atoms with Crippen LogP contribution in [0.1, 0.15) is 13.3 Å². The summed E-state index contributed by atoms with van der Waals surface area (Å²) in [4.78, 5) is 19.8. The van der Waals surface area contributed by atoms with Crippen molar-refractivity contribution >= 4 is 17.3 Å². The molecule has 18 heavy (non-hydrogen) atoms. The summed E-state index contributed by atoms with van der Waals surface area (Å²) in [7, 11) is 0. The number of aromatic nitrogens is 2. The van der Waals surface area contributed by atoms with Crippen LogP contribution in [0, 0.1) is 10.1 Å². The van der Waals surface area contributed by atoms with Gasteiger partial charge in [0, 0.05) is 19.7 Å². The van der Waals surface area contributed by atoms with Crippen LogP contribution in [0.5, 0.6) is 0 Å². The molecule has 0 saturated carbocycles. The monoisotopic (exact) mass is 256 g/mol. The Balaban J connectivity index is 3.16. The minimum atomic E-state index is -0.577. The Hall–Kier alpha value is -2.00. The lowest BCUT2D eigenvalue weighted by Crippen LogP contribution is -2.27. The first-order valence-electron chi connectivity index (χ1n) is 5.47. The van der Waals surface area contributed by atoms with Gasteiger partial charge in [0.2, 0.25) is 11.6 Å². The molecule has 1 aromatic rings. The minimum absolute atomic E-state index is 0.0113. The number of aliphatic hydroxyl groups excluding tert-OH is 1. The van der Waals surface area contributed by atoms with Gasteiger partial charge in [0.25, 0.3) is 0 Å². The van der Waals surface area contributed by atoms with Crippen molar-refractivity contribution in [2.45, 2.75) is 13.3 Å². The SMILES string of the molecule is CCN(CCCO)c1ncnc(NN)c1[N+](=O)[O-]. The molecule has 1 rings (SSSR count). The van der Waals surface area contributed by atoms with Crippen molar-refractivity contribution in [3.05, 3.63) is 16.4 Å². The van der Waals surface area contributed by atoms with E-state index in [1.807, 2.05) is 6.92 Å². The number of aliphatic hydroxyl groups is 1. The van der Waals surface area contributed by atoms with Crippen LogP contribution in [-0.4, -0.2) is 39.7 Å². The Morgan fingerprint density at radius 2 is 2.33 bits per heavy atom. The van der Waals surface area contributed by atoms with Crippen LogP contribution in [0.3, 0.4) is 0 Å². The molecule has 0 aliphatic heterocycles. The van der Waals surface area contributed by atoms with Gasteiger partial charge in [-0.05, 0) is 13.3 Å². The maximum atomic E-state index is 11.0. The van der Waals surface area contributed by atoms with Crippen molar-refractivity contribution in [1.82, 2.24) is 9.97 Å². The summed E-state index contributed by atoms with van der Waals surface area (Å²) in [6.07, 6.45) is 1.71. The van der Waals surface area contributed by atoms with E-state index in [-0.39, 0.29) is 23.9 Å². The number of anilines is 2. The molecular formula is C9H16N6O3. The summed E-state index contributed by atoms with van der Waals surface area (Å²) < 4.78 is 0. The van der Waals surface area contributed by atoms with Gasteiger partial charge in [-0.1, -0.05) is 0 Å². The van der Waals surface area contributed by atoms with Crippen LogP contribution in [0.25, 0.3) is 0 Å². The fourth-order valence-electron chi connectivity index (χ4n) is 1.55. The van der Waals surface area contributed by atoms with Crippen LogP contribution < -0.4 is 16.2 Å². The highest BCUT2D eigenvalue weighted by Crippen LogP contribution is 2.30. The third kappa shape index (κ3) is 3.02. The van der Waals surface area contributed by atoms with Gasteiger partial charge in [-0.2, -0.15) is 0 Å². The van der Waals surface area contributed by atoms with E-state index >= 15 is 0 Å². The van der Waals surface area contributed by atoms with Gasteiger partial charge in [0.1, 0.15) is 6.33 Å². The van der Waals surface area contributed by atoms with E-state index in [1.54, 1.807) is 4.90 Å². The Morgan fingerprint density at radius 1 is 1.61 bits per heavy atom. The van der Waals surface area contributed by atoms with E-state index in [4.69, 9.17) is 10.9 Å². The molecule has 0 amide bonds. The Morgan fingerprint density at radius 3 is 2.83 bits per heavy atom. The smallest absolute Gasteiger partial charge is 0.354 e. The third-order valence-corrected chi connectivity index (χ3v) is 2.39. The highest BCUT2D eigenvalue weighted by molar-refractivity contribution is 5.69. The molecule has 1 aromatic heterocycles. The second-order valence-corrected chi connectivity index (χ2v) is 3.45. The van der Waals surface area contributed by atoms with E-state index in [0.717, 1.165) is 0 Å². The molecule has 9 heteroatoms. The Labute approximate surface area is 104 Å². The number of hydrogen-bond donors (Lipinski definition) is 3. The summed E-state index contributed by atoms with van der Waals surface area (Å²) in [6, 6.07) is 0. The van der Waals surface area contributed by atoms with E-state index < -0.39 is 4.92 Å². The predicted molar refractivity (Wildman–Crippen MR) is 66.1 cm³/mol. The fourth-order valence-corrected chi connectivity index (χ4v) is 1.55. The molecule has 0 aliphatic carbocycles. The normalized spacial score (nSPS) is 10.2. The number of nitrogens with one attached hydrogen (secondary N) is 1. The summed E-state index contributed by atoms with van der Waals surface area (Å²) >= 11 is 0. The lowest BCUT2D eigenvalue weighted by atomic mass is 10.3. The van der Waals surface area contributed by atoms with Crippen LogP contribution in [0.4, 0.5) is 17.3 Å². The van der Waals surface area contributed by atoms with Gasteiger partial charge < -0.3 is 15.4 Å². The highest BCUT2D eigenvalue weighted by atomic mass is 16.6. The van der Waals surface area contributed by atoms with E-state index in [0.29, 0.717) is 19.5 Å². The topological polar surface area (TPSA) is 130 Å². The van der Waals surface area contributed by atoms with E-state index in [9.17, 15) is 10.1 Å². The Bertz CT molecular complexity index is 413. The zero-order chi connectivity index (χ0) is 13.5. The highest BCUT2D eigenvalue weighted by Gasteiger charge is 2.25. The molecule has 0 unspecified atom stereocenters. The molecule has 0 radical (unpaired) electrons. The number of nitro groups is 1. The maximum Gasteiger partial charge on any atom is 0.354 e. The van der Waals surface area contributed by atoms with Crippen molar-refractivity contribution in [3.8, 4) is 0 Å². The van der Waals surface area contributed by atoms with Gasteiger partial charge in [-0.15, -0.1) is 0 Å². The predicted octanol–water partition coefficient (Wildman–Crippen LogP) is -0.121. The van der Waals surface area contributed by atoms with Crippen LogP contribution in [0.15, 0.2) is 6.33 Å². The maximum absolute atomic E-state index is 11.0. The number of nitrogen functional groups attached to an aromatic ring is 1. The lowest BCUT2D eigenvalue weighted by Gasteiger charge is -2.21. The Kier molecular flexibility index (Phi) is 5.21. The average Bonchev–Trinajstić information content (AvgIpc) is 2.38. The molecule has 0 spiro atoms. The van der Waals surface area contributed by atoms with Gasteiger partial charge in [-0.3, -0.25) is 10.1 Å². The largest absolute Gasteiger partial charge is 0.396 e. The number of hydrogen-bond acceptors (Lipinski definition) is 8. The quantitative estimate of drug-likeness (QED) is 0.349. The van der Waals surface area contributed by atoms with E-state index in [1.165, 1.54) is 6.33 Å². The van der Waals surface area contributed by atoms with Crippen molar-refractivity contribution < 1.29 is 10.0 Å². The molecular weight excluding hydrogens is 240 g/mol.